The van der Waals surface area contributed by atoms with Gasteiger partial charge in [0.1, 0.15) is 0 Å². The van der Waals surface area contributed by atoms with Crippen LogP contribution in [0.5, 0.6) is 0 Å². The van der Waals surface area contributed by atoms with Crippen molar-refractivity contribution in [3.8, 4) is 0 Å². The maximum Gasteiger partial charge on any atom is 0.0928 e. The first-order valence-corrected chi connectivity index (χ1v) is 4.43. The molecule has 0 aliphatic carbocycles. The molecule has 0 amide bonds. The summed E-state index contributed by atoms with van der Waals surface area (Å²) in [5.41, 5.74) is 0. The zero-order valence-corrected chi connectivity index (χ0v) is 7.41. The molecule has 1 rings (SSSR count). The summed E-state index contributed by atoms with van der Waals surface area (Å²) in [4.78, 5) is 0. The molecule has 1 aliphatic heterocycles. The summed E-state index contributed by atoms with van der Waals surface area (Å²) >= 11 is 5.36. The van der Waals surface area contributed by atoms with Gasteiger partial charge in [0.05, 0.1) is 3.66 Å². The average Bonchev–Trinajstić information content (AvgIpc) is 2.16. The number of alkyl halides is 1. The number of rotatable bonds is 2. The number of hydrogen-bond acceptors (Lipinski definition) is 1. The first-order valence-electron chi connectivity index (χ1n) is 2.75. The summed E-state index contributed by atoms with van der Waals surface area (Å²) in [6, 6.07) is 0. The van der Waals surface area contributed by atoms with Gasteiger partial charge in [-0.05, 0) is 6.42 Å². The summed E-state index contributed by atoms with van der Waals surface area (Å²) in [5, 5.41) is 0. The number of thioether (sulfide) groups is 1. The maximum atomic E-state index is 3.68. The molecule has 0 saturated heterocycles. The van der Waals surface area contributed by atoms with Crippen molar-refractivity contribution in [1.29, 1.82) is 0 Å². The topological polar surface area (TPSA) is 0 Å². The van der Waals surface area contributed by atoms with Crippen LogP contribution in [0.15, 0.2) is 24.8 Å². The normalized spacial score (nSPS) is 33.0. The molecule has 49 valence electrons. The van der Waals surface area contributed by atoms with Gasteiger partial charge in [-0.25, -0.2) is 0 Å². The fourth-order valence-electron chi connectivity index (χ4n) is 0.688. The van der Waals surface area contributed by atoms with Gasteiger partial charge in [-0.1, -0.05) is 34.2 Å². The molecule has 2 heteroatoms. The van der Waals surface area contributed by atoms with Crippen molar-refractivity contribution in [1.82, 2.24) is 0 Å². The quantitative estimate of drug-likeness (QED) is 0.492. The van der Waals surface area contributed by atoms with Gasteiger partial charge in [0.25, 0.3) is 0 Å². The van der Waals surface area contributed by atoms with Gasteiger partial charge in [-0.3, -0.25) is 0 Å². The molecule has 0 aromatic carbocycles. The van der Waals surface area contributed by atoms with E-state index in [0.29, 0.717) is 0 Å². The fraction of sp³-hybridized carbons (Fsp3) is 0.286. The lowest BCUT2D eigenvalue weighted by Gasteiger charge is -2.14. The molecule has 1 heterocycles. The van der Waals surface area contributed by atoms with E-state index in [0.717, 1.165) is 6.42 Å². The molecule has 0 spiro atoms. The van der Waals surface area contributed by atoms with Crippen LogP contribution in [-0.4, -0.2) is 3.66 Å². The molecule has 0 aromatic heterocycles. The van der Waals surface area contributed by atoms with Crippen LogP contribution in [0, 0.1) is 5.75 Å². The predicted octanol–water partition coefficient (Wildman–Crippen LogP) is 3.12. The predicted molar refractivity (Wildman–Crippen MR) is 47.5 cm³/mol. The lowest BCUT2D eigenvalue weighted by atomic mass is 10.3. The first-order chi connectivity index (χ1) is 4.27. The van der Waals surface area contributed by atoms with Crippen molar-refractivity contribution in [3.63, 3.8) is 0 Å². The Morgan fingerprint density at radius 1 is 1.78 bits per heavy atom. The van der Waals surface area contributed by atoms with Gasteiger partial charge in [-0.2, -0.15) is 0 Å². The molecule has 9 heavy (non-hydrogen) atoms. The Kier molecular flexibility index (Phi) is 2.42. The van der Waals surface area contributed by atoms with Crippen LogP contribution in [0.3, 0.4) is 0 Å². The number of allylic oxidation sites excluding steroid dienone is 1. The van der Waals surface area contributed by atoms with Crippen molar-refractivity contribution in [2.45, 2.75) is 10.1 Å². The lowest BCUT2D eigenvalue weighted by Crippen LogP contribution is -2.05. The molecule has 0 bridgehead atoms. The minimum Gasteiger partial charge on any atom is -0.130 e. The molecule has 1 unspecified atom stereocenters. The third kappa shape index (κ3) is 1.87. The highest BCUT2D eigenvalue weighted by Gasteiger charge is 2.24. The van der Waals surface area contributed by atoms with Crippen LogP contribution in [0.4, 0.5) is 0 Å². The highest BCUT2D eigenvalue weighted by atomic mass is 79.9. The molecular formula is C7H8BrS. The van der Waals surface area contributed by atoms with Gasteiger partial charge in [-0.15, -0.1) is 18.3 Å². The maximum absolute atomic E-state index is 3.68. The summed E-state index contributed by atoms with van der Waals surface area (Å²) < 4.78 is 0.120. The molecule has 1 radical (unpaired) electrons. The summed E-state index contributed by atoms with van der Waals surface area (Å²) in [5.74, 6) is 2.08. The van der Waals surface area contributed by atoms with Gasteiger partial charge in [0.15, 0.2) is 0 Å². The van der Waals surface area contributed by atoms with Crippen LogP contribution in [0.2, 0.25) is 0 Å². The van der Waals surface area contributed by atoms with E-state index in [1.165, 1.54) is 0 Å². The second-order valence-electron chi connectivity index (χ2n) is 1.89. The monoisotopic (exact) mass is 203 g/mol. The van der Waals surface area contributed by atoms with Crippen LogP contribution < -0.4 is 0 Å². The highest BCUT2D eigenvalue weighted by molar-refractivity contribution is 9.12. The van der Waals surface area contributed by atoms with E-state index in [2.05, 4.69) is 40.4 Å². The van der Waals surface area contributed by atoms with Gasteiger partial charge in [0.2, 0.25) is 0 Å². The van der Waals surface area contributed by atoms with E-state index in [4.69, 9.17) is 0 Å². The number of hydrogen-bond donors (Lipinski definition) is 0. The smallest absolute Gasteiger partial charge is 0.0928 e. The Hall–Kier alpha value is 0.310. The van der Waals surface area contributed by atoms with Crippen molar-refractivity contribution in [3.05, 3.63) is 30.6 Å². The highest BCUT2D eigenvalue weighted by Crippen LogP contribution is 2.43. The fourth-order valence-corrected chi connectivity index (χ4v) is 2.15. The van der Waals surface area contributed by atoms with E-state index in [1.54, 1.807) is 11.8 Å². The SMILES string of the molecule is C=CCC1(Br)C=C[CH]S1. The van der Waals surface area contributed by atoms with Crippen molar-refractivity contribution in [2.75, 3.05) is 0 Å². The average molecular weight is 204 g/mol. The van der Waals surface area contributed by atoms with Crippen LogP contribution in [-0.2, 0) is 0 Å². The molecule has 0 saturated carbocycles. The van der Waals surface area contributed by atoms with Gasteiger partial charge < -0.3 is 0 Å². The summed E-state index contributed by atoms with van der Waals surface area (Å²) in [7, 11) is 0. The molecule has 0 N–H and O–H groups in total. The Labute approximate surface area is 68.5 Å². The first kappa shape index (κ1) is 7.42. The van der Waals surface area contributed by atoms with Gasteiger partial charge >= 0.3 is 0 Å². The zero-order chi connectivity index (χ0) is 6.74. The van der Waals surface area contributed by atoms with E-state index >= 15 is 0 Å². The van der Waals surface area contributed by atoms with Crippen molar-refractivity contribution < 1.29 is 0 Å². The molecule has 0 fully saturated rings. The Balaban J connectivity index is 2.51. The largest absolute Gasteiger partial charge is 0.130 e. The van der Waals surface area contributed by atoms with E-state index in [1.807, 2.05) is 6.08 Å². The van der Waals surface area contributed by atoms with Crippen LogP contribution in [0.1, 0.15) is 6.42 Å². The molecule has 1 atom stereocenters. The number of halogens is 1. The second kappa shape index (κ2) is 2.93. The lowest BCUT2D eigenvalue weighted by molar-refractivity contribution is 1.04. The van der Waals surface area contributed by atoms with Crippen LogP contribution in [0.25, 0.3) is 0 Å². The van der Waals surface area contributed by atoms with Crippen LogP contribution >= 0.6 is 27.7 Å². The molecule has 0 aromatic rings. The Morgan fingerprint density at radius 2 is 2.56 bits per heavy atom. The third-order valence-electron chi connectivity index (χ3n) is 1.11. The van der Waals surface area contributed by atoms with Crippen molar-refractivity contribution in [2.24, 2.45) is 0 Å². The Bertz CT molecular complexity index is 142. The molecule has 0 nitrogen and oxygen atoms in total. The third-order valence-corrected chi connectivity index (χ3v) is 3.25. The molecular weight excluding hydrogens is 196 g/mol. The van der Waals surface area contributed by atoms with E-state index in [9.17, 15) is 0 Å². The van der Waals surface area contributed by atoms with E-state index in [-0.39, 0.29) is 3.66 Å². The van der Waals surface area contributed by atoms with E-state index < -0.39 is 0 Å². The summed E-state index contributed by atoms with van der Waals surface area (Å²) in [6.07, 6.45) is 7.10. The standard InChI is InChI=1S/C7H8BrS/c1-2-4-7(8)5-3-6-9-7/h2-3,5-6H,1,4H2. The van der Waals surface area contributed by atoms with Crippen molar-refractivity contribution >= 4 is 27.7 Å². The summed E-state index contributed by atoms with van der Waals surface area (Å²) in [6.45, 7) is 3.68. The minimum absolute atomic E-state index is 0.120. The second-order valence-corrected chi connectivity index (χ2v) is 5.07. The van der Waals surface area contributed by atoms with Gasteiger partial charge in [0, 0.05) is 5.75 Å². The Morgan fingerprint density at radius 3 is 3.00 bits per heavy atom. The minimum atomic E-state index is 0.120. The zero-order valence-electron chi connectivity index (χ0n) is 5.01. The molecule has 1 aliphatic rings.